The third-order valence-corrected chi connectivity index (χ3v) is 3.67. The van der Waals surface area contributed by atoms with Crippen molar-refractivity contribution in [2.75, 3.05) is 26.6 Å². The Morgan fingerprint density at radius 3 is 2.15 bits per heavy atom. The van der Waals surface area contributed by atoms with Crippen LogP contribution in [0.5, 0.6) is 17.2 Å². The van der Waals surface area contributed by atoms with E-state index < -0.39 is 11.8 Å². The first-order valence-electron chi connectivity index (χ1n) is 8.00. The van der Waals surface area contributed by atoms with Gasteiger partial charge in [-0.3, -0.25) is 9.59 Å². The average molecular weight is 371 g/mol. The lowest BCUT2D eigenvalue weighted by Gasteiger charge is -2.12. The summed E-state index contributed by atoms with van der Waals surface area (Å²) in [6.07, 6.45) is 1.36. The molecule has 0 atom stereocenters. The van der Waals surface area contributed by atoms with Gasteiger partial charge in [-0.25, -0.2) is 5.43 Å². The molecule has 0 fully saturated rings. The predicted molar refractivity (Wildman–Crippen MR) is 102 cm³/mol. The Morgan fingerprint density at radius 2 is 1.59 bits per heavy atom. The van der Waals surface area contributed by atoms with Crippen LogP contribution in [0.1, 0.15) is 11.1 Å². The molecule has 27 heavy (non-hydrogen) atoms. The van der Waals surface area contributed by atoms with Crippen molar-refractivity contribution in [1.82, 2.24) is 5.43 Å². The van der Waals surface area contributed by atoms with E-state index in [2.05, 4.69) is 15.8 Å². The molecule has 0 aromatic heterocycles. The molecule has 0 bridgehead atoms. The number of para-hydroxylation sites is 1. The molecule has 8 nitrogen and oxygen atoms in total. The molecule has 2 rings (SSSR count). The quantitative estimate of drug-likeness (QED) is 0.460. The monoisotopic (exact) mass is 371 g/mol. The average Bonchev–Trinajstić information content (AvgIpc) is 2.68. The van der Waals surface area contributed by atoms with E-state index in [1.807, 2.05) is 19.1 Å². The minimum atomic E-state index is -0.887. The first-order valence-corrected chi connectivity index (χ1v) is 8.00. The summed E-state index contributed by atoms with van der Waals surface area (Å²) in [7, 11) is 4.49. The third-order valence-electron chi connectivity index (χ3n) is 3.67. The van der Waals surface area contributed by atoms with Gasteiger partial charge < -0.3 is 19.5 Å². The fraction of sp³-hybridized carbons (Fsp3) is 0.211. The number of benzene rings is 2. The molecule has 0 aliphatic rings. The zero-order chi connectivity index (χ0) is 19.8. The van der Waals surface area contributed by atoms with E-state index in [9.17, 15) is 9.59 Å². The number of carbonyl (C=O) groups excluding carboxylic acids is 2. The SMILES string of the molecule is COc1cc(/C=N/NC(=O)C(=O)Nc2ccccc2C)cc(OC)c1OC. The second kappa shape index (κ2) is 9.23. The largest absolute Gasteiger partial charge is 0.493 e. The molecule has 142 valence electrons. The molecular formula is C19H21N3O5. The van der Waals surface area contributed by atoms with Crippen LogP contribution < -0.4 is 25.0 Å². The second-order valence-corrected chi connectivity index (χ2v) is 5.43. The summed E-state index contributed by atoms with van der Waals surface area (Å²) in [5.74, 6) is -0.365. The van der Waals surface area contributed by atoms with Crippen molar-refractivity contribution in [2.45, 2.75) is 6.92 Å². The Labute approximate surface area is 157 Å². The molecule has 8 heteroatoms. The highest BCUT2D eigenvalue weighted by molar-refractivity contribution is 6.39. The number of amides is 2. The maximum Gasteiger partial charge on any atom is 0.329 e. The molecule has 2 N–H and O–H groups in total. The van der Waals surface area contributed by atoms with Crippen molar-refractivity contribution < 1.29 is 23.8 Å². The van der Waals surface area contributed by atoms with E-state index in [4.69, 9.17) is 14.2 Å². The number of hydrazone groups is 1. The molecule has 0 heterocycles. The Bertz CT molecular complexity index is 839. The highest BCUT2D eigenvalue weighted by atomic mass is 16.5. The number of rotatable bonds is 6. The fourth-order valence-corrected chi connectivity index (χ4v) is 2.28. The Balaban J connectivity index is 2.05. The zero-order valence-corrected chi connectivity index (χ0v) is 15.5. The van der Waals surface area contributed by atoms with E-state index in [1.54, 1.807) is 24.3 Å². The van der Waals surface area contributed by atoms with Crippen LogP contribution in [0.4, 0.5) is 5.69 Å². The standard InChI is InChI=1S/C19H21N3O5/c1-12-7-5-6-8-14(12)21-18(23)19(24)22-20-11-13-9-15(25-2)17(27-4)16(10-13)26-3/h5-11H,1-4H3,(H,21,23)(H,22,24)/b20-11+. The molecule has 0 radical (unpaired) electrons. The Morgan fingerprint density at radius 1 is 0.963 bits per heavy atom. The van der Waals surface area contributed by atoms with Crippen molar-refractivity contribution in [3.63, 3.8) is 0 Å². The topological polar surface area (TPSA) is 98.2 Å². The van der Waals surface area contributed by atoms with Crippen LogP contribution in [0.15, 0.2) is 41.5 Å². The van der Waals surface area contributed by atoms with Gasteiger partial charge in [-0.1, -0.05) is 18.2 Å². The number of hydrogen-bond donors (Lipinski definition) is 2. The number of nitrogens with one attached hydrogen (secondary N) is 2. The summed E-state index contributed by atoms with van der Waals surface area (Å²) in [4.78, 5) is 23.8. The number of anilines is 1. The van der Waals surface area contributed by atoms with Crippen molar-refractivity contribution >= 4 is 23.7 Å². The van der Waals surface area contributed by atoms with Crippen LogP contribution in [0.25, 0.3) is 0 Å². The summed E-state index contributed by atoms with van der Waals surface area (Å²) < 4.78 is 15.7. The van der Waals surface area contributed by atoms with Crippen LogP contribution in [-0.2, 0) is 9.59 Å². The molecule has 0 spiro atoms. The van der Waals surface area contributed by atoms with Gasteiger partial charge in [-0.05, 0) is 30.7 Å². The normalized spacial score (nSPS) is 10.4. The maximum absolute atomic E-state index is 11.9. The lowest BCUT2D eigenvalue weighted by Crippen LogP contribution is -2.32. The summed E-state index contributed by atoms with van der Waals surface area (Å²) in [5, 5.41) is 6.32. The molecule has 2 aromatic rings. The van der Waals surface area contributed by atoms with Gasteiger partial charge in [-0.2, -0.15) is 5.10 Å². The highest BCUT2D eigenvalue weighted by Gasteiger charge is 2.14. The van der Waals surface area contributed by atoms with Gasteiger partial charge in [0.1, 0.15) is 0 Å². The molecule has 2 amide bonds. The maximum atomic E-state index is 11.9. The van der Waals surface area contributed by atoms with Gasteiger partial charge in [0.25, 0.3) is 0 Å². The summed E-state index contributed by atoms with van der Waals surface area (Å²) in [5.41, 5.74) is 4.18. The third kappa shape index (κ3) is 4.97. The summed E-state index contributed by atoms with van der Waals surface area (Å²) >= 11 is 0. The first kappa shape index (κ1) is 19.8. The highest BCUT2D eigenvalue weighted by Crippen LogP contribution is 2.37. The predicted octanol–water partition coefficient (Wildman–Crippen LogP) is 2.11. The van der Waals surface area contributed by atoms with Gasteiger partial charge in [0.15, 0.2) is 11.5 Å². The van der Waals surface area contributed by atoms with Crippen LogP contribution in [0.2, 0.25) is 0 Å². The van der Waals surface area contributed by atoms with Crippen molar-refractivity contribution in [2.24, 2.45) is 5.10 Å². The minimum absolute atomic E-state index is 0.443. The molecule has 2 aromatic carbocycles. The van der Waals surface area contributed by atoms with Crippen LogP contribution >= 0.6 is 0 Å². The lowest BCUT2D eigenvalue weighted by molar-refractivity contribution is -0.136. The minimum Gasteiger partial charge on any atom is -0.493 e. The molecular weight excluding hydrogens is 350 g/mol. The Hall–Kier alpha value is -3.55. The van der Waals surface area contributed by atoms with E-state index in [-0.39, 0.29) is 0 Å². The van der Waals surface area contributed by atoms with E-state index >= 15 is 0 Å². The number of ether oxygens (including phenoxy) is 3. The van der Waals surface area contributed by atoms with E-state index in [0.717, 1.165) is 5.56 Å². The van der Waals surface area contributed by atoms with Gasteiger partial charge in [-0.15, -0.1) is 0 Å². The summed E-state index contributed by atoms with van der Waals surface area (Å²) in [6, 6.07) is 10.5. The number of nitrogens with zero attached hydrogens (tertiary/aromatic N) is 1. The zero-order valence-electron chi connectivity index (χ0n) is 15.5. The van der Waals surface area contributed by atoms with Crippen molar-refractivity contribution in [3.8, 4) is 17.2 Å². The molecule has 0 unspecified atom stereocenters. The number of hydrogen-bond acceptors (Lipinski definition) is 6. The van der Waals surface area contributed by atoms with Crippen LogP contribution in [-0.4, -0.2) is 39.4 Å². The number of aryl methyl sites for hydroxylation is 1. The van der Waals surface area contributed by atoms with Gasteiger partial charge in [0.2, 0.25) is 5.75 Å². The fourth-order valence-electron chi connectivity index (χ4n) is 2.28. The Kier molecular flexibility index (Phi) is 6.76. The van der Waals surface area contributed by atoms with E-state index in [1.165, 1.54) is 27.5 Å². The van der Waals surface area contributed by atoms with Crippen molar-refractivity contribution in [3.05, 3.63) is 47.5 Å². The van der Waals surface area contributed by atoms with Crippen LogP contribution in [0, 0.1) is 6.92 Å². The molecule has 0 saturated heterocycles. The van der Waals surface area contributed by atoms with Gasteiger partial charge in [0.05, 0.1) is 27.5 Å². The van der Waals surface area contributed by atoms with Gasteiger partial charge >= 0.3 is 11.8 Å². The first-order chi connectivity index (χ1) is 13.0. The van der Waals surface area contributed by atoms with E-state index in [0.29, 0.717) is 28.5 Å². The number of carbonyl (C=O) groups is 2. The summed E-state index contributed by atoms with van der Waals surface area (Å²) in [6.45, 7) is 1.83. The number of methoxy groups -OCH3 is 3. The smallest absolute Gasteiger partial charge is 0.329 e. The molecule has 0 aliphatic carbocycles. The molecule has 0 saturated carbocycles. The lowest BCUT2D eigenvalue weighted by atomic mass is 10.2. The van der Waals surface area contributed by atoms with Crippen LogP contribution in [0.3, 0.4) is 0 Å². The molecule has 0 aliphatic heterocycles. The van der Waals surface area contributed by atoms with Crippen molar-refractivity contribution in [1.29, 1.82) is 0 Å². The van der Waals surface area contributed by atoms with Gasteiger partial charge in [0, 0.05) is 11.3 Å². The second-order valence-electron chi connectivity index (χ2n) is 5.43.